The highest BCUT2D eigenvalue weighted by atomic mass is 16.5. The molecule has 5 heteroatoms. The number of rotatable bonds is 6. The maximum atomic E-state index is 5.58. The fourth-order valence-corrected chi connectivity index (χ4v) is 1.54. The summed E-state index contributed by atoms with van der Waals surface area (Å²) in [7, 11) is 1.60. The Balaban J connectivity index is 2.65. The lowest BCUT2D eigenvalue weighted by Crippen LogP contribution is -2.26. The molecule has 0 bridgehead atoms. The molecule has 5 nitrogen and oxygen atoms in total. The number of aryl methyl sites for hydroxylation is 1. The molecule has 17 heavy (non-hydrogen) atoms. The summed E-state index contributed by atoms with van der Waals surface area (Å²) in [4.78, 5) is 8.45. The number of aromatic nitrogens is 2. The van der Waals surface area contributed by atoms with E-state index in [4.69, 9.17) is 10.5 Å². The minimum atomic E-state index is 0.154. The molecule has 1 aromatic rings. The zero-order valence-corrected chi connectivity index (χ0v) is 11.1. The molecule has 0 aromatic carbocycles. The van der Waals surface area contributed by atoms with E-state index in [1.54, 1.807) is 13.2 Å². The van der Waals surface area contributed by atoms with Gasteiger partial charge in [-0.2, -0.15) is 4.98 Å². The van der Waals surface area contributed by atoms with Gasteiger partial charge < -0.3 is 15.8 Å². The van der Waals surface area contributed by atoms with Crippen molar-refractivity contribution in [1.82, 2.24) is 9.97 Å². The van der Waals surface area contributed by atoms with Crippen LogP contribution in [0.2, 0.25) is 0 Å². The summed E-state index contributed by atoms with van der Waals surface area (Å²) < 4.78 is 5.10. The summed E-state index contributed by atoms with van der Waals surface area (Å²) in [5, 5.41) is 3.30. The molecular formula is C12H22N4O. The number of hydrogen-bond donors (Lipinski definition) is 2. The van der Waals surface area contributed by atoms with Crippen molar-refractivity contribution in [3.05, 3.63) is 11.9 Å². The van der Waals surface area contributed by atoms with Crippen LogP contribution in [0.5, 0.6) is 5.88 Å². The Morgan fingerprint density at radius 2 is 2.12 bits per heavy atom. The van der Waals surface area contributed by atoms with Gasteiger partial charge >= 0.3 is 0 Å². The van der Waals surface area contributed by atoms with Gasteiger partial charge in [0.1, 0.15) is 11.6 Å². The summed E-state index contributed by atoms with van der Waals surface area (Å²) in [6.07, 6.45) is 0.973. The molecule has 0 fully saturated rings. The van der Waals surface area contributed by atoms with Crippen molar-refractivity contribution in [2.45, 2.75) is 27.2 Å². The molecule has 1 heterocycles. The molecule has 0 saturated heterocycles. The van der Waals surface area contributed by atoms with Crippen molar-refractivity contribution in [3.8, 4) is 5.88 Å². The van der Waals surface area contributed by atoms with Crippen molar-refractivity contribution < 1.29 is 4.74 Å². The quantitative estimate of drug-likeness (QED) is 0.787. The normalized spacial score (nSPS) is 11.4. The lowest BCUT2D eigenvalue weighted by atomic mass is 9.89. The molecule has 96 valence electrons. The van der Waals surface area contributed by atoms with Gasteiger partial charge in [0.05, 0.1) is 7.11 Å². The monoisotopic (exact) mass is 238 g/mol. The first-order chi connectivity index (χ1) is 7.96. The number of nitrogens with one attached hydrogen (secondary N) is 1. The van der Waals surface area contributed by atoms with Crippen LogP contribution in [0.4, 0.5) is 5.82 Å². The molecule has 0 unspecified atom stereocenters. The maximum absolute atomic E-state index is 5.58. The van der Waals surface area contributed by atoms with E-state index in [9.17, 15) is 0 Å². The third kappa shape index (κ3) is 4.56. The van der Waals surface area contributed by atoms with Crippen molar-refractivity contribution in [2.75, 3.05) is 25.5 Å². The van der Waals surface area contributed by atoms with Crippen molar-refractivity contribution in [3.63, 3.8) is 0 Å². The summed E-state index contributed by atoms with van der Waals surface area (Å²) in [5.41, 5.74) is 5.73. The molecule has 3 N–H and O–H groups in total. The van der Waals surface area contributed by atoms with Gasteiger partial charge in [0.25, 0.3) is 0 Å². The van der Waals surface area contributed by atoms with Crippen molar-refractivity contribution >= 4 is 5.82 Å². The van der Waals surface area contributed by atoms with Gasteiger partial charge in [0.2, 0.25) is 5.88 Å². The predicted octanol–water partition coefficient (Wildman–Crippen LogP) is 1.58. The highest BCUT2D eigenvalue weighted by Gasteiger charge is 2.16. The third-order valence-corrected chi connectivity index (χ3v) is 2.59. The van der Waals surface area contributed by atoms with Crippen LogP contribution in [0.25, 0.3) is 0 Å². The Hall–Kier alpha value is -1.36. The molecule has 1 rings (SSSR count). The van der Waals surface area contributed by atoms with Crippen LogP contribution in [0.3, 0.4) is 0 Å². The molecule has 0 aliphatic carbocycles. The van der Waals surface area contributed by atoms with Crippen LogP contribution in [-0.4, -0.2) is 30.2 Å². The second-order valence-corrected chi connectivity index (χ2v) is 4.90. The SMILES string of the molecule is COc1cc(NCC(C)(C)CCN)nc(C)n1. The Morgan fingerprint density at radius 1 is 1.41 bits per heavy atom. The van der Waals surface area contributed by atoms with Crippen LogP contribution in [0.1, 0.15) is 26.1 Å². The number of anilines is 1. The molecule has 0 aliphatic rings. The number of nitrogens with zero attached hydrogens (tertiary/aromatic N) is 2. The Kier molecular flexibility index (Phi) is 4.69. The minimum Gasteiger partial charge on any atom is -0.481 e. The maximum Gasteiger partial charge on any atom is 0.218 e. The Morgan fingerprint density at radius 3 is 2.71 bits per heavy atom. The van der Waals surface area contributed by atoms with Gasteiger partial charge in [-0.1, -0.05) is 13.8 Å². The number of methoxy groups -OCH3 is 1. The van der Waals surface area contributed by atoms with E-state index in [1.807, 2.05) is 6.92 Å². The molecule has 0 saturated carbocycles. The fraction of sp³-hybridized carbons (Fsp3) is 0.667. The summed E-state index contributed by atoms with van der Waals surface area (Å²) >= 11 is 0. The van der Waals surface area contributed by atoms with E-state index in [-0.39, 0.29) is 5.41 Å². The smallest absolute Gasteiger partial charge is 0.218 e. The highest BCUT2D eigenvalue weighted by molar-refractivity contribution is 5.38. The summed E-state index contributed by atoms with van der Waals surface area (Å²) in [6.45, 7) is 7.72. The average molecular weight is 238 g/mol. The Bertz CT molecular complexity index is 366. The topological polar surface area (TPSA) is 73.1 Å². The van der Waals surface area contributed by atoms with E-state index < -0.39 is 0 Å². The van der Waals surface area contributed by atoms with Gasteiger partial charge in [-0.05, 0) is 25.3 Å². The predicted molar refractivity (Wildman–Crippen MR) is 69.3 cm³/mol. The zero-order chi connectivity index (χ0) is 12.9. The number of hydrogen-bond acceptors (Lipinski definition) is 5. The van der Waals surface area contributed by atoms with Crippen molar-refractivity contribution in [1.29, 1.82) is 0 Å². The average Bonchev–Trinajstić information content (AvgIpc) is 2.26. The first-order valence-corrected chi connectivity index (χ1v) is 5.80. The third-order valence-electron chi connectivity index (χ3n) is 2.59. The van der Waals surface area contributed by atoms with E-state index in [0.717, 1.165) is 18.8 Å². The second-order valence-electron chi connectivity index (χ2n) is 4.90. The van der Waals surface area contributed by atoms with Crippen LogP contribution in [0.15, 0.2) is 6.07 Å². The fourth-order valence-electron chi connectivity index (χ4n) is 1.54. The van der Waals surface area contributed by atoms with E-state index in [0.29, 0.717) is 18.2 Å². The number of ether oxygens (including phenoxy) is 1. The molecule has 0 aliphatic heterocycles. The Labute approximate surface area is 103 Å². The summed E-state index contributed by atoms with van der Waals surface area (Å²) in [6, 6.07) is 1.80. The molecular weight excluding hydrogens is 216 g/mol. The zero-order valence-electron chi connectivity index (χ0n) is 11.1. The first kappa shape index (κ1) is 13.7. The lowest BCUT2D eigenvalue weighted by molar-refractivity contribution is 0.364. The summed E-state index contributed by atoms with van der Waals surface area (Å²) in [5.74, 6) is 2.07. The second kappa shape index (κ2) is 5.82. The highest BCUT2D eigenvalue weighted by Crippen LogP contribution is 2.20. The minimum absolute atomic E-state index is 0.154. The van der Waals surface area contributed by atoms with Crippen LogP contribution >= 0.6 is 0 Å². The molecule has 0 atom stereocenters. The van der Waals surface area contributed by atoms with Gasteiger partial charge in [-0.3, -0.25) is 0 Å². The van der Waals surface area contributed by atoms with Gasteiger partial charge in [-0.25, -0.2) is 4.98 Å². The number of nitrogens with two attached hydrogens (primary N) is 1. The van der Waals surface area contributed by atoms with E-state index in [2.05, 4.69) is 29.1 Å². The van der Waals surface area contributed by atoms with E-state index >= 15 is 0 Å². The standard InChI is InChI=1S/C12H22N4O/c1-9-15-10(7-11(16-9)17-4)14-8-12(2,3)5-6-13/h7H,5-6,8,13H2,1-4H3,(H,14,15,16). The van der Waals surface area contributed by atoms with Crippen LogP contribution in [-0.2, 0) is 0 Å². The largest absolute Gasteiger partial charge is 0.481 e. The van der Waals surface area contributed by atoms with Crippen molar-refractivity contribution in [2.24, 2.45) is 11.1 Å². The van der Waals surface area contributed by atoms with Gasteiger partial charge in [0.15, 0.2) is 0 Å². The molecule has 0 spiro atoms. The van der Waals surface area contributed by atoms with Crippen LogP contribution in [0, 0.1) is 12.3 Å². The van der Waals surface area contributed by atoms with Crippen LogP contribution < -0.4 is 15.8 Å². The lowest BCUT2D eigenvalue weighted by Gasteiger charge is -2.24. The molecule has 1 aromatic heterocycles. The van der Waals surface area contributed by atoms with Gasteiger partial charge in [0, 0.05) is 12.6 Å². The molecule has 0 amide bonds. The van der Waals surface area contributed by atoms with Gasteiger partial charge in [-0.15, -0.1) is 0 Å². The van der Waals surface area contributed by atoms with E-state index in [1.165, 1.54) is 0 Å². The molecule has 0 radical (unpaired) electrons. The first-order valence-electron chi connectivity index (χ1n) is 5.80.